The van der Waals surface area contributed by atoms with Crippen molar-refractivity contribution < 1.29 is 47.3 Å². The number of phosphoric acid groups is 2. The van der Waals surface area contributed by atoms with E-state index in [4.69, 9.17) is 19.6 Å². The number of carbonyl (C=O) groups excluding carboxylic acids is 1. The van der Waals surface area contributed by atoms with Crippen molar-refractivity contribution in [2.24, 2.45) is 0 Å². The van der Waals surface area contributed by atoms with Gasteiger partial charge in [0.15, 0.2) is 0 Å². The van der Waals surface area contributed by atoms with E-state index in [1.165, 1.54) is 0 Å². The molecule has 0 unspecified atom stereocenters. The lowest BCUT2D eigenvalue weighted by molar-refractivity contribution is -0.150. The normalized spacial score (nSPS) is 12.8. The number of esters is 1. The van der Waals surface area contributed by atoms with E-state index in [1.54, 1.807) is 0 Å². The van der Waals surface area contributed by atoms with E-state index in [2.05, 4.69) is 13.8 Å². The Bertz CT molecular complexity index is 315. The second-order valence-electron chi connectivity index (χ2n) is 2.80. The molecule has 0 atom stereocenters. The van der Waals surface area contributed by atoms with Gasteiger partial charge in [0.25, 0.3) is 0 Å². The van der Waals surface area contributed by atoms with Gasteiger partial charge in [0.2, 0.25) is 0 Å². The first kappa shape index (κ1) is 16.7. The van der Waals surface area contributed by atoms with Crippen LogP contribution in [0.4, 0.5) is 0 Å². The molecule has 0 amide bonds. The summed E-state index contributed by atoms with van der Waals surface area (Å²) in [5, 5.41) is 0. The SMILES string of the molecule is CC(=O)OC(COP(=O)(O)O)COP(=O)(O)O. The lowest BCUT2D eigenvalue weighted by Gasteiger charge is -2.17. The first-order valence-corrected chi connectivity index (χ1v) is 7.13. The first-order valence-electron chi connectivity index (χ1n) is 4.07. The third-order valence-corrected chi connectivity index (χ3v) is 2.16. The van der Waals surface area contributed by atoms with Crippen LogP contribution < -0.4 is 0 Å². The van der Waals surface area contributed by atoms with Gasteiger partial charge < -0.3 is 24.3 Å². The molecular formula is C5H12O10P2. The summed E-state index contributed by atoms with van der Waals surface area (Å²) in [7, 11) is -9.54. The van der Waals surface area contributed by atoms with Crippen molar-refractivity contribution >= 4 is 21.6 Å². The van der Waals surface area contributed by atoms with Crippen molar-refractivity contribution in [3.05, 3.63) is 0 Å². The van der Waals surface area contributed by atoms with Gasteiger partial charge in [-0.05, 0) is 0 Å². The van der Waals surface area contributed by atoms with E-state index < -0.39 is 40.9 Å². The van der Waals surface area contributed by atoms with Crippen molar-refractivity contribution in [2.45, 2.75) is 13.0 Å². The Kier molecular flexibility index (Phi) is 6.46. The molecule has 0 saturated heterocycles. The molecule has 0 aromatic carbocycles. The summed E-state index contributed by atoms with van der Waals surface area (Å²) in [6.07, 6.45) is -1.34. The van der Waals surface area contributed by atoms with Gasteiger partial charge in [-0.3, -0.25) is 13.8 Å². The lowest BCUT2D eigenvalue weighted by atomic mass is 10.4. The number of ether oxygens (including phenoxy) is 1. The highest BCUT2D eigenvalue weighted by Gasteiger charge is 2.24. The van der Waals surface area contributed by atoms with Crippen molar-refractivity contribution in [3.8, 4) is 0 Å². The van der Waals surface area contributed by atoms with Crippen LogP contribution >= 0.6 is 15.6 Å². The average molecular weight is 294 g/mol. The number of hydrogen-bond acceptors (Lipinski definition) is 6. The maximum absolute atomic E-state index is 10.6. The van der Waals surface area contributed by atoms with Gasteiger partial charge in [-0.15, -0.1) is 0 Å². The van der Waals surface area contributed by atoms with E-state index in [-0.39, 0.29) is 0 Å². The standard InChI is InChI=1S/C5H12O10P2/c1-4(6)15-5(2-13-16(7,8)9)3-14-17(10,11)12/h5H,2-3H2,1H3,(H2,7,8,9)(H2,10,11,12). The molecule has 0 aliphatic carbocycles. The zero-order valence-electron chi connectivity index (χ0n) is 8.62. The Morgan fingerprint density at radius 3 is 1.65 bits per heavy atom. The van der Waals surface area contributed by atoms with Gasteiger partial charge in [-0.2, -0.15) is 0 Å². The molecule has 10 nitrogen and oxygen atoms in total. The van der Waals surface area contributed by atoms with Gasteiger partial charge in [0, 0.05) is 6.92 Å². The highest BCUT2D eigenvalue weighted by Crippen LogP contribution is 2.38. The fraction of sp³-hybridized carbons (Fsp3) is 0.800. The molecule has 0 aromatic rings. The average Bonchev–Trinajstić information content (AvgIpc) is 2.06. The van der Waals surface area contributed by atoms with Crippen molar-refractivity contribution in [2.75, 3.05) is 13.2 Å². The highest BCUT2D eigenvalue weighted by atomic mass is 31.2. The largest absolute Gasteiger partial charge is 0.469 e. The topological polar surface area (TPSA) is 160 Å². The smallest absolute Gasteiger partial charge is 0.458 e. The minimum Gasteiger partial charge on any atom is -0.458 e. The lowest BCUT2D eigenvalue weighted by Crippen LogP contribution is -2.26. The van der Waals surface area contributed by atoms with Gasteiger partial charge in [0.05, 0.1) is 13.2 Å². The maximum atomic E-state index is 10.6. The summed E-state index contributed by atoms with van der Waals surface area (Å²) in [6.45, 7) is -0.518. The number of phosphoric ester groups is 2. The molecule has 0 fully saturated rings. The molecule has 4 N–H and O–H groups in total. The molecule has 102 valence electrons. The third-order valence-electron chi connectivity index (χ3n) is 1.19. The van der Waals surface area contributed by atoms with Gasteiger partial charge >= 0.3 is 21.6 Å². The molecule has 0 saturated carbocycles. The number of hydrogen-bond donors (Lipinski definition) is 4. The zero-order chi connectivity index (χ0) is 13.7. The Balaban J connectivity index is 4.29. The molecule has 17 heavy (non-hydrogen) atoms. The minimum atomic E-state index is -4.77. The van der Waals surface area contributed by atoms with Crippen LogP contribution in [0.2, 0.25) is 0 Å². The predicted octanol–water partition coefficient (Wildman–Crippen LogP) is -0.863. The second-order valence-corrected chi connectivity index (χ2v) is 5.28. The molecule has 0 aliphatic heterocycles. The van der Waals surface area contributed by atoms with Crippen LogP contribution in [0.3, 0.4) is 0 Å². The van der Waals surface area contributed by atoms with Gasteiger partial charge in [0.1, 0.15) is 6.10 Å². The van der Waals surface area contributed by atoms with Crippen LogP contribution in [0, 0.1) is 0 Å². The molecular weight excluding hydrogens is 282 g/mol. The Morgan fingerprint density at radius 2 is 1.41 bits per heavy atom. The fourth-order valence-corrected chi connectivity index (χ4v) is 1.43. The van der Waals surface area contributed by atoms with Crippen LogP contribution in [-0.2, 0) is 27.7 Å². The summed E-state index contributed by atoms with van der Waals surface area (Å²) < 4.78 is 33.2. The molecule has 0 aliphatic rings. The monoisotopic (exact) mass is 294 g/mol. The van der Waals surface area contributed by atoms with E-state index in [0.29, 0.717) is 0 Å². The van der Waals surface area contributed by atoms with Crippen molar-refractivity contribution in [1.82, 2.24) is 0 Å². The summed E-state index contributed by atoms with van der Waals surface area (Å²) in [5.41, 5.74) is 0. The Labute approximate surface area is 96.0 Å². The van der Waals surface area contributed by atoms with Crippen LogP contribution in [-0.4, -0.2) is 44.9 Å². The fourth-order valence-electron chi connectivity index (χ4n) is 0.711. The highest BCUT2D eigenvalue weighted by molar-refractivity contribution is 7.46. The van der Waals surface area contributed by atoms with Crippen LogP contribution in [0.15, 0.2) is 0 Å². The molecule has 0 radical (unpaired) electrons. The predicted molar refractivity (Wildman–Crippen MR) is 51.5 cm³/mol. The van der Waals surface area contributed by atoms with Crippen LogP contribution in [0.25, 0.3) is 0 Å². The van der Waals surface area contributed by atoms with E-state index >= 15 is 0 Å². The summed E-state index contributed by atoms with van der Waals surface area (Å²) >= 11 is 0. The summed E-state index contributed by atoms with van der Waals surface area (Å²) in [4.78, 5) is 44.1. The summed E-state index contributed by atoms with van der Waals surface area (Å²) in [6, 6.07) is 0. The molecule has 0 bridgehead atoms. The van der Waals surface area contributed by atoms with E-state index in [9.17, 15) is 13.9 Å². The van der Waals surface area contributed by atoms with Gasteiger partial charge in [-0.25, -0.2) is 9.13 Å². The van der Waals surface area contributed by atoms with E-state index in [1.807, 2.05) is 0 Å². The quantitative estimate of drug-likeness (QED) is 0.343. The van der Waals surface area contributed by atoms with Crippen LogP contribution in [0.1, 0.15) is 6.92 Å². The molecule has 0 rings (SSSR count). The van der Waals surface area contributed by atoms with Crippen LogP contribution in [0.5, 0.6) is 0 Å². The number of rotatable bonds is 7. The van der Waals surface area contributed by atoms with Crippen molar-refractivity contribution in [1.29, 1.82) is 0 Å². The molecule has 12 heteroatoms. The first-order chi connectivity index (χ1) is 7.49. The minimum absolute atomic E-state index is 0.760. The third kappa shape index (κ3) is 11.9. The van der Waals surface area contributed by atoms with E-state index in [0.717, 1.165) is 6.92 Å². The maximum Gasteiger partial charge on any atom is 0.469 e. The molecule has 0 spiro atoms. The Morgan fingerprint density at radius 1 is 1.06 bits per heavy atom. The molecule has 0 aromatic heterocycles. The Hall–Kier alpha value is -0.310. The van der Waals surface area contributed by atoms with Crippen molar-refractivity contribution in [3.63, 3.8) is 0 Å². The number of carbonyl (C=O) groups is 1. The zero-order valence-corrected chi connectivity index (χ0v) is 10.4. The second kappa shape index (κ2) is 6.58. The van der Waals surface area contributed by atoms with Gasteiger partial charge in [-0.1, -0.05) is 0 Å². The summed E-state index contributed by atoms with van der Waals surface area (Å²) in [5.74, 6) is -0.821. The molecule has 0 heterocycles.